The van der Waals surface area contributed by atoms with Crippen molar-refractivity contribution in [1.82, 2.24) is 5.32 Å². The minimum absolute atomic E-state index is 0. The highest BCUT2D eigenvalue weighted by atomic mass is 35.5. The molecule has 0 radical (unpaired) electrons. The van der Waals surface area contributed by atoms with Crippen LogP contribution in [0.2, 0.25) is 0 Å². The molecule has 1 aliphatic rings. The van der Waals surface area contributed by atoms with E-state index in [9.17, 15) is 0 Å². The van der Waals surface area contributed by atoms with Crippen molar-refractivity contribution in [1.29, 1.82) is 0 Å². The summed E-state index contributed by atoms with van der Waals surface area (Å²) in [5.74, 6) is 0. The summed E-state index contributed by atoms with van der Waals surface area (Å²) in [4.78, 5) is 1.47. The largest absolute Gasteiger partial charge is 1.00 e. The molecule has 1 heterocycles. The second kappa shape index (κ2) is 4.99. The van der Waals surface area contributed by atoms with Gasteiger partial charge >= 0.3 is 0 Å². The third kappa shape index (κ3) is 3.01. The van der Waals surface area contributed by atoms with Gasteiger partial charge in [-0.1, -0.05) is 0 Å². The Bertz CT molecular complexity index is 66.0. The Morgan fingerprint density at radius 1 is 1.56 bits per heavy atom. The fourth-order valence-electron chi connectivity index (χ4n) is 0.990. The van der Waals surface area contributed by atoms with Crippen LogP contribution in [0.3, 0.4) is 0 Å². The molecule has 0 aliphatic carbocycles. The van der Waals surface area contributed by atoms with Crippen molar-refractivity contribution >= 4 is 0 Å². The van der Waals surface area contributed by atoms with E-state index in [1.54, 1.807) is 0 Å². The zero-order valence-corrected chi connectivity index (χ0v) is 6.12. The number of halogens is 1. The van der Waals surface area contributed by atoms with Gasteiger partial charge in [0.15, 0.2) is 0 Å². The van der Waals surface area contributed by atoms with Crippen LogP contribution in [-0.2, 0) is 0 Å². The lowest BCUT2D eigenvalue weighted by Crippen LogP contribution is -3.11. The van der Waals surface area contributed by atoms with Crippen molar-refractivity contribution < 1.29 is 22.4 Å². The van der Waals surface area contributed by atoms with E-state index < -0.39 is 0 Å². The van der Waals surface area contributed by atoms with E-state index in [0.717, 1.165) is 19.8 Å². The van der Waals surface area contributed by atoms with Gasteiger partial charge in [0.25, 0.3) is 0 Å². The van der Waals surface area contributed by atoms with E-state index in [1.165, 1.54) is 11.4 Å². The number of hydrogen-bond acceptors (Lipinski definition) is 2. The topological polar surface area (TPSA) is 36.7 Å². The lowest BCUT2D eigenvalue weighted by molar-refractivity contribution is -0.888. The van der Waals surface area contributed by atoms with Gasteiger partial charge in [-0.05, 0) is 0 Å². The van der Waals surface area contributed by atoms with Crippen LogP contribution in [0.5, 0.6) is 0 Å². The summed E-state index contributed by atoms with van der Waals surface area (Å²) < 4.78 is 0. The summed E-state index contributed by atoms with van der Waals surface area (Å²) in [6.45, 7) is 4.51. The van der Waals surface area contributed by atoms with Crippen LogP contribution < -0.4 is 22.6 Å². The molecule has 1 rings (SSSR count). The van der Waals surface area contributed by atoms with Crippen molar-refractivity contribution in [3.63, 3.8) is 0 Å². The smallest absolute Gasteiger partial charge is 0.131 e. The Morgan fingerprint density at radius 2 is 2.33 bits per heavy atom. The third-order valence-corrected chi connectivity index (χ3v) is 1.50. The fourth-order valence-corrected chi connectivity index (χ4v) is 0.990. The lowest BCUT2D eigenvalue weighted by Gasteiger charge is -2.06. The highest BCUT2D eigenvalue weighted by Gasteiger charge is 2.11. The van der Waals surface area contributed by atoms with Gasteiger partial charge in [0.2, 0.25) is 0 Å². The lowest BCUT2D eigenvalue weighted by atomic mass is 10.5. The molecular formula is C5H13ClN2O. The van der Waals surface area contributed by atoms with E-state index in [0.29, 0.717) is 6.61 Å². The molecule has 1 atom stereocenters. The van der Waals surface area contributed by atoms with Gasteiger partial charge < -0.3 is 22.4 Å². The van der Waals surface area contributed by atoms with Gasteiger partial charge in [0.1, 0.15) is 13.2 Å². The first-order valence-corrected chi connectivity index (χ1v) is 3.08. The molecule has 9 heavy (non-hydrogen) atoms. The number of aliphatic hydroxyl groups is 1. The standard InChI is InChI=1S/C5H12N2O.ClH/c8-4-3-7-2-1-6-5-7;/h6,8H,1-5H2;1H. The molecule has 4 heteroatoms. The Hall–Kier alpha value is 0.170. The molecule has 1 fully saturated rings. The Balaban J connectivity index is 0.000000640. The second-order valence-corrected chi connectivity index (χ2v) is 2.15. The molecule has 0 amide bonds. The van der Waals surface area contributed by atoms with Crippen LogP contribution in [0.25, 0.3) is 0 Å². The molecule has 0 aromatic carbocycles. The second-order valence-electron chi connectivity index (χ2n) is 2.15. The monoisotopic (exact) mass is 152 g/mol. The van der Waals surface area contributed by atoms with Crippen LogP contribution in [0.1, 0.15) is 0 Å². The van der Waals surface area contributed by atoms with E-state index in [1.807, 2.05) is 0 Å². The van der Waals surface area contributed by atoms with Crippen LogP contribution in [0.15, 0.2) is 0 Å². The van der Waals surface area contributed by atoms with Crippen LogP contribution >= 0.6 is 0 Å². The summed E-state index contributed by atoms with van der Waals surface area (Å²) in [6.07, 6.45) is 0. The fraction of sp³-hybridized carbons (Fsp3) is 1.00. The molecule has 1 unspecified atom stereocenters. The normalized spacial score (nSPS) is 25.7. The average molecular weight is 153 g/mol. The zero-order valence-electron chi connectivity index (χ0n) is 5.36. The maximum atomic E-state index is 8.48. The van der Waals surface area contributed by atoms with Gasteiger partial charge in [-0.2, -0.15) is 0 Å². The summed E-state index contributed by atoms with van der Waals surface area (Å²) in [5.41, 5.74) is 0. The number of rotatable bonds is 2. The van der Waals surface area contributed by atoms with Crippen molar-refractivity contribution in [3.05, 3.63) is 0 Å². The van der Waals surface area contributed by atoms with Crippen molar-refractivity contribution in [3.8, 4) is 0 Å². The molecule has 3 nitrogen and oxygen atoms in total. The van der Waals surface area contributed by atoms with Crippen LogP contribution in [-0.4, -0.2) is 38.0 Å². The number of hydrogen-bond donors (Lipinski definition) is 3. The van der Waals surface area contributed by atoms with Gasteiger partial charge in [-0.25, -0.2) is 0 Å². The summed E-state index contributed by atoms with van der Waals surface area (Å²) >= 11 is 0. The molecule has 1 saturated heterocycles. The molecule has 0 bridgehead atoms. The van der Waals surface area contributed by atoms with Crippen LogP contribution in [0, 0.1) is 0 Å². The van der Waals surface area contributed by atoms with Crippen molar-refractivity contribution in [2.24, 2.45) is 0 Å². The first-order chi connectivity index (χ1) is 3.93. The van der Waals surface area contributed by atoms with Gasteiger partial charge in [-0.15, -0.1) is 0 Å². The minimum atomic E-state index is 0. The zero-order chi connectivity index (χ0) is 5.82. The molecule has 0 spiro atoms. The predicted molar refractivity (Wildman–Crippen MR) is 30.7 cm³/mol. The highest BCUT2D eigenvalue weighted by Crippen LogP contribution is 1.59. The Kier molecular flexibility index (Phi) is 5.09. The molecule has 0 aromatic heterocycles. The first-order valence-electron chi connectivity index (χ1n) is 3.08. The molecule has 1 aliphatic heterocycles. The molecule has 0 aromatic rings. The summed E-state index contributed by atoms with van der Waals surface area (Å²) in [5, 5.41) is 11.7. The molecule has 3 N–H and O–H groups in total. The van der Waals surface area contributed by atoms with E-state index in [4.69, 9.17) is 5.11 Å². The summed E-state index contributed by atoms with van der Waals surface area (Å²) in [7, 11) is 0. The number of nitrogens with one attached hydrogen (secondary N) is 2. The molecule has 0 saturated carbocycles. The highest BCUT2D eigenvalue weighted by molar-refractivity contribution is 4.43. The van der Waals surface area contributed by atoms with Gasteiger partial charge in [-0.3, -0.25) is 5.32 Å². The molecular weight excluding hydrogens is 140 g/mol. The SMILES string of the molecule is OCC[NH+]1CCNC1.[Cl-]. The van der Waals surface area contributed by atoms with Crippen molar-refractivity contribution in [2.75, 3.05) is 32.9 Å². The maximum Gasteiger partial charge on any atom is 0.131 e. The Morgan fingerprint density at radius 3 is 2.78 bits per heavy atom. The number of quaternary nitrogens is 1. The predicted octanol–water partition coefficient (Wildman–Crippen LogP) is -5.57. The molecule has 56 valence electrons. The average Bonchev–Trinajstić information content (AvgIpc) is 2.19. The Labute approximate surface area is 61.5 Å². The van der Waals surface area contributed by atoms with E-state index >= 15 is 0 Å². The van der Waals surface area contributed by atoms with Crippen molar-refractivity contribution in [2.45, 2.75) is 0 Å². The van der Waals surface area contributed by atoms with E-state index in [2.05, 4.69) is 5.32 Å². The third-order valence-electron chi connectivity index (χ3n) is 1.50. The van der Waals surface area contributed by atoms with Gasteiger partial charge in [0.05, 0.1) is 13.2 Å². The summed E-state index contributed by atoms with van der Waals surface area (Å²) in [6, 6.07) is 0. The van der Waals surface area contributed by atoms with E-state index in [-0.39, 0.29) is 12.4 Å². The quantitative estimate of drug-likeness (QED) is 0.369. The number of aliphatic hydroxyl groups excluding tert-OH is 1. The van der Waals surface area contributed by atoms with Crippen LogP contribution in [0.4, 0.5) is 0 Å². The first kappa shape index (κ1) is 9.17. The maximum absolute atomic E-state index is 8.48. The minimum Gasteiger partial charge on any atom is -1.00 e. The van der Waals surface area contributed by atoms with Gasteiger partial charge in [0, 0.05) is 6.54 Å².